The van der Waals surface area contributed by atoms with Crippen molar-refractivity contribution in [3.63, 3.8) is 0 Å². The lowest BCUT2D eigenvalue weighted by molar-refractivity contribution is -0.282. The molecule has 3 rings (SSSR count). The van der Waals surface area contributed by atoms with E-state index in [9.17, 15) is 51.1 Å². The molecule has 0 radical (unpaired) electrons. The minimum atomic E-state index is -1.62. The van der Waals surface area contributed by atoms with Crippen molar-refractivity contribution in [2.75, 3.05) is 26.4 Å². The van der Waals surface area contributed by atoms with Crippen molar-refractivity contribution in [2.45, 2.75) is 117 Å². The molecular weight excluding hydrogens is 540 g/mol. The number of ether oxygens (including phenoxy) is 5. The number of hydrogen-bond donors (Lipinski definition) is 10. The average Bonchev–Trinajstić information content (AvgIpc) is 2.95. The highest BCUT2D eigenvalue weighted by Crippen LogP contribution is 2.30. The van der Waals surface area contributed by atoms with Crippen LogP contribution >= 0.6 is 0 Å². The fourth-order valence-corrected chi connectivity index (χ4v) is 5.23. The molecule has 0 saturated carbocycles. The molecule has 16 atom stereocenters. The number of aliphatic hydroxyl groups excluding tert-OH is 10. The summed E-state index contributed by atoms with van der Waals surface area (Å²) in [6.45, 7) is 3.18. The van der Waals surface area contributed by atoms with Gasteiger partial charge < -0.3 is 74.7 Å². The van der Waals surface area contributed by atoms with Crippen LogP contribution < -0.4 is 0 Å². The Labute approximate surface area is 231 Å². The average molecular weight is 585 g/mol. The van der Waals surface area contributed by atoms with Crippen LogP contribution in [0.15, 0.2) is 12.7 Å². The monoisotopic (exact) mass is 584 g/mol. The molecule has 0 aromatic carbocycles. The lowest BCUT2D eigenvalue weighted by Gasteiger charge is -2.45. The first kappa shape index (κ1) is 33.6. The van der Waals surface area contributed by atoms with Gasteiger partial charge in [0.2, 0.25) is 0 Å². The molecule has 10 N–H and O–H groups in total. The van der Waals surface area contributed by atoms with Gasteiger partial charge >= 0.3 is 0 Å². The van der Waals surface area contributed by atoms with Gasteiger partial charge in [-0.3, -0.25) is 0 Å². The van der Waals surface area contributed by atoms with Gasteiger partial charge in [-0.05, 0) is 6.42 Å². The Balaban J connectivity index is 1.61. The summed E-state index contributed by atoms with van der Waals surface area (Å²) in [5.74, 6) is 0. The van der Waals surface area contributed by atoms with Crippen LogP contribution in [-0.2, 0) is 23.7 Å². The third-order valence-corrected chi connectivity index (χ3v) is 7.79. The third kappa shape index (κ3) is 7.37. The van der Waals surface area contributed by atoms with Gasteiger partial charge in [-0.15, -0.1) is 6.58 Å². The Hall–Kier alpha value is -0.860. The lowest BCUT2D eigenvalue weighted by Crippen LogP contribution is -2.63. The summed E-state index contributed by atoms with van der Waals surface area (Å²) < 4.78 is 28.1. The molecule has 234 valence electrons. The van der Waals surface area contributed by atoms with Gasteiger partial charge in [-0.1, -0.05) is 13.0 Å². The van der Waals surface area contributed by atoms with Gasteiger partial charge in [0.25, 0.3) is 0 Å². The van der Waals surface area contributed by atoms with Gasteiger partial charge in [0.1, 0.15) is 85.5 Å². The Kier molecular flexibility index (Phi) is 12.7. The van der Waals surface area contributed by atoms with E-state index in [0.29, 0.717) is 6.42 Å². The van der Waals surface area contributed by atoms with Crippen LogP contribution in [0, 0.1) is 0 Å². The molecule has 16 unspecified atom stereocenters. The van der Waals surface area contributed by atoms with Crippen molar-refractivity contribution in [3.8, 4) is 0 Å². The highest BCUT2D eigenvalue weighted by Gasteiger charge is 2.49. The molecule has 3 aliphatic heterocycles. The van der Waals surface area contributed by atoms with E-state index >= 15 is 0 Å². The van der Waals surface area contributed by atoms with Crippen molar-refractivity contribution in [2.24, 2.45) is 0 Å². The van der Waals surface area contributed by atoms with Crippen LogP contribution in [0.3, 0.4) is 0 Å². The summed E-state index contributed by atoms with van der Waals surface area (Å²) in [4.78, 5) is 0. The maximum Gasteiger partial charge on any atom is 0.115 e. The fraction of sp³-hybridized carbons (Fsp3) is 0.920. The molecule has 3 heterocycles. The van der Waals surface area contributed by atoms with E-state index in [-0.39, 0.29) is 6.42 Å². The van der Waals surface area contributed by atoms with E-state index in [2.05, 4.69) is 6.58 Å². The second-order valence-electron chi connectivity index (χ2n) is 10.5. The predicted octanol–water partition coefficient (Wildman–Crippen LogP) is -5.08. The van der Waals surface area contributed by atoms with E-state index in [0.717, 1.165) is 0 Å². The summed E-state index contributed by atoms with van der Waals surface area (Å²) in [5, 5.41) is 102. The second-order valence-corrected chi connectivity index (χ2v) is 10.5. The molecule has 0 amide bonds. The highest BCUT2D eigenvalue weighted by molar-refractivity contribution is 5.00. The zero-order chi connectivity index (χ0) is 29.7. The van der Waals surface area contributed by atoms with Crippen LogP contribution in [0.1, 0.15) is 19.8 Å². The van der Waals surface area contributed by atoms with E-state index < -0.39 is 124 Å². The Morgan fingerprint density at radius 1 is 0.650 bits per heavy atom. The Morgan fingerprint density at radius 2 is 1.10 bits per heavy atom. The topological polar surface area (TPSA) is 248 Å². The largest absolute Gasteiger partial charge is 0.394 e. The molecule has 15 nitrogen and oxygen atoms in total. The zero-order valence-electron chi connectivity index (χ0n) is 22.3. The molecule has 0 aliphatic carbocycles. The van der Waals surface area contributed by atoms with Crippen LogP contribution in [-0.4, -0.2) is 175 Å². The van der Waals surface area contributed by atoms with Crippen LogP contribution in [0.25, 0.3) is 0 Å². The lowest BCUT2D eigenvalue weighted by atomic mass is 9.91. The standard InChI is InChI=1S/C25H44O15/c1-3-10(28)5-12-18(30)21(33)19(31)15(39-12)8-36-25-14(7-27)40-16(20(32)23(25)35)9-37-24-13(6-26)38-11(4-2)17(29)22(24)34/h4,10-35H,2-3,5-9H2,1H3. The van der Waals surface area contributed by atoms with Gasteiger partial charge in [0.15, 0.2) is 0 Å². The molecule has 0 bridgehead atoms. The quantitative estimate of drug-likeness (QED) is 0.0964. The molecule has 40 heavy (non-hydrogen) atoms. The third-order valence-electron chi connectivity index (χ3n) is 7.79. The number of hydrogen-bond acceptors (Lipinski definition) is 15. The Bertz CT molecular complexity index is 770. The van der Waals surface area contributed by atoms with Crippen molar-refractivity contribution in [1.29, 1.82) is 0 Å². The molecule has 3 saturated heterocycles. The number of rotatable bonds is 12. The minimum Gasteiger partial charge on any atom is -0.394 e. The second kappa shape index (κ2) is 15.0. The van der Waals surface area contributed by atoms with E-state index in [1.54, 1.807) is 6.92 Å². The van der Waals surface area contributed by atoms with Crippen molar-refractivity contribution < 1.29 is 74.7 Å². The molecule has 0 aromatic heterocycles. The fourth-order valence-electron chi connectivity index (χ4n) is 5.23. The minimum absolute atomic E-state index is 0.00405. The molecule has 3 aliphatic rings. The summed E-state index contributed by atoms with van der Waals surface area (Å²) in [5.41, 5.74) is 0. The summed E-state index contributed by atoms with van der Waals surface area (Å²) in [6, 6.07) is 0. The van der Waals surface area contributed by atoms with Gasteiger partial charge in [-0.2, -0.15) is 0 Å². The van der Waals surface area contributed by atoms with E-state index in [1.807, 2.05) is 0 Å². The van der Waals surface area contributed by atoms with E-state index in [1.165, 1.54) is 6.08 Å². The van der Waals surface area contributed by atoms with Crippen molar-refractivity contribution in [1.82, 2.24) is 0 Å². The highest BCUT2D eigenvalue weighted by atomic mass is 16.6. The smallest absolute Gasteiger partial charge is 0.115 e. The van der Waals surface area contributed by atoms with Crippen LogP contribution in [0.5, 0.6) is 0 Å². The van der Waals surface area contributed by atoms with Gasteiger partial charge in [-0.25, -0.2) is 0 Å². The molecule has 0 spiro atoms. The SMILES string of the molecule is C=CC1OC(CO)C(OCC2OC(CO)C(OCC3OC(CC(O)CC)C(O)C(O)C3O)C(O)C2O)C(O)C1O. The van der Waals surface area contributed by atoms with E-state index in [4.69, 9.17) is 23.7 Å². The van der Waals surface area contributed by atoms with Gasteiger partial charge in [0, 0.05) is 6.42 Å². The summed E-state index contributed by atoms with van der Waals surface area (Å²) in [7, 11) is 0. The van der Waals surface area contributed by atoms with Gasteiger partial charge in [0.05, 0.1) is 38.6 Å². The van der Waals surface area contributed by atoms with Crippen molar-refractivity contribution >= 4 is 0 Å². The normalized spacial score (nSPS) is 47.1. The predicted molar refractivity (Wildman–Crippen MR) is 133 cm³/mol. The Morgan fingerprint density at radius 3 is 1.60 bits per heavy atom. The molecule has 15 heteroatoms. The zero-order valence-corrected chi connectivity index (χ0v) is 22.3. The summed E-state index contributed by atoms with van der Waals surface area (Å²) >= 11 is 0. The number of aliphatic hydroxyl groups is 10. The van der Waals surface area contributed by atoms with Crippen LogP contribution in [0.2, 0.25) is 0 Å². The maximum atomic E-state index is 10.8. The molecular formula is C25H44O15. The molecule has 0 aromatic rings. The maximum absolute atomic E-state index is 10.8. The molecule has 3 fully saturated rings. The van der Waals surface area contributed by atoms with Crippen molar-refractivity contribution in [3.05, 3.63) is 12.7 Å². The first-order valence-corrected chi connectivity index (χ1v) is 13.5. The first-order valence-electron chi connectivity index (χ1n) is 13.5. The first-order chi connectivity index (χ1) is 19.0. The summed E-state index contributed by atoms with van der Waals surface area (Å²) in [6.07, 6.45) is -18.9. The van der Waals surface area contributed by atoms with Crippen LogP contribution in [0.4, 0.5) is 0 Å².